The minimum absolute atomic E-state index is 0.00954. The molecule has 0 bridgehead atoms. The third-order valence-electron chi connectivity index (χ3n) is 2.08. The number of thiazole rings is 1. The molecule has 0 aliphatic rings. The normalized spacial score (nSPS) is 11.7. The lowest BCUT2D eigenvalue weighted by Gasteiger charge is -2.04. The van der Waals surface area contributed by atoms with E-state index in [1.807, 2.05) is 0 Å². The number of hydrogen-bond donors (Lipinski definition) is 1. The van der Waals surface area contributed by atoms with Crippen molar-refractivity contribution in [2.75, 3.05) is 0 Å². The Kier molecular flexibility index (Phi) is 3.96. The van der Waals surface area contributed by atoms with Gasteiger partial charge in [0.2, 0.25) is 0 Å². The van der Waals surface area contributed by atoms with Crippen molar-refractivity contribution >= 4 is 33.0 Å². The van der Waals surface area contributed by atoms with Gasteiger partial charge < -0.3 is 0 Å². The molecule has 8 heteroatoms. The molecule has 96 valence electrons. The van der Waals surface area contributed by atoms with Gasteiger partial charge in [-0.1, -0.05) is 35.1 Å². The second-order valence-corrected chi connectivity index (χ2v) is 6.99. The molecule has 1 N–H and O–H groups in total. The Balaban J connectivity index is 2.10. The summed E-state index contributed by atoms with van der Waals surface area (Å²) in [5.41, 5.74) is 0.536. The first-order chi connectivity index (χ1) is 8.47. The monoisotopic (exact) mass is 306 g/mol. The molecule has 1 heterocycles. The van der Waals surface area contributed by atoms with Crippen LogP contribution in [0.5, 0.6) is 0 Å². The first kappa shape index (κ1) is 13.4. The van der Waals surface area contributed by atoms with E-state index < -0.39 is 15.8 Å². The van der Waals surface area contributed by atoms with Gasteiger partial charge in [0.15, 0.2) is 8.68 Å². The number of nitrogens with zero attached hydrogens (tertiary/aromatic N) is 1. The summed E-state index contributed by atoms with van der Waals surface area (Å²) in [6, 6.07) is 5.71. The maximum atomic E-state index is 12.9. The minimum atomic E-state index is -3.65. The lowest BCUT2D eigenvalue weighted by molar-refractivity contribution is 0.582. The highest BCUT2D eigenvalue weighted by Crippen LogP contribution is 2.22. The number of hydrogen-bond acceptors (Lipinski definition) is 4. The number of aromatic nitrogens is 1. The van der Waals surface area contributed by atoms with Crippen molar-refractivity contribution in [1.29, 1.82) is 0 Å². The molecule has 0 amide bonds. The average molecular weight is 307 g/mol. The second kappa shape index (κ2) is 5.31. The molecule has 1 aromatic carbocycles. The van der Waals surface area contributed by atoms with Crippen LogP contribution in [0.4, 0.5) is 4.39 Å². The topological polar surface area (TPSA) is 59.1 Å². The van der Waals surface area contributed by atoms with Gasteiger partial charge in [0.05, 0.1) is 6.20 Å². The van der Waals surface area contributed by atoms with Crippen molar-refractivity contribution < 1.29 is 12.8 Å². The minimum Gasteiger partial charge on any atom is -0.232 e. The Morgan fingerprint density at radius 3 is 2.83 bits per heavy atom. The lowest BCUT2D eigenvalue weighted by Crippen LogP contribution is -2.22. The average Bonchev–Trinajstić information content (AvgIpc) is 2.74. The number of nitrogens with one attached hydrogen (secondary N) is 1. The van der Waals surface area contributed by atoms with Crippen LogP contribution in [0.1, 0.15) is 5.56 Å². The zero-order valence-electron chi connectivity index (χ0n) is 8.93. The van der Waals surface area contributed by atoms with E-state index in [2.05, 4.69) is 9.71 Å². The largest absolute Gasteiger partial charge is 0.252 e. The van der Waals surface area contributed by atoms with E-state index in [0.717, 1.165) is 11.3 Å². The van der Waals surface area contributed by atoms with E-state index in [4.69, 9.17) is 11.6 Å². The Labute approximate surface area is 112 Å². The van der Waals surface area contributed by atoms with E-state index in [1.165, 1.54) is 24.4 Å². The quantitative estimate of drug-likeness (QED) is 0.943. The number of rotatable bonds is 4. The molecule has 0 radical (unpaired) electrons. The summed E-state index contributed by atoms with van der Waals surface area (Å²) >= 11 is 6.43. The fourth-order valence-electron chi connectivity index (χ4n) is 1.26. The standard InChI is InChI=1S/C10H8ClFN2O2S2/c11-10-13-6-9(17-10)18(15,16)14-5-7-2-1-3-8(12)4-7/h1-4,6,14H,5H2. The van der Waals surface area contributed by atoms with Crippen LogP contribution in [0.2, 0.25) is 4.47 Å². The third-order valence-corrected chi connectivity index (χ3v) is 5.05. The molecular weight excluding hydrogens is 299 g/mol. The molecular formula is C10H8ClFN2O2S2. The molecule has 0 unspecified atom stereocenters. The Bertz CT molecular complexity index is 657. The van der Waals surface area contributed by atoms with Gasteiger partial charge in [-0.2, -0.15) is 0 Å². The summed E-state index contributed by atoms with van der Waals surface area (Å²) in [5, 5.41) is 0. The third kappa shape index (κ3) is 3.26. The molecule has 0 fully saturated rings. The summed E-state index contributed by atoms with van der Waals surface area (Å²) in [4.78, 5) is 3.66. The molecule has 0 aliphatic heterocycles. The summed E-state index contributed by atoms with van der Waals surface area (Å²) in [6.07, 6.45) is 1.18. The van der Waals surface area contributed by atoms with Crippen LogP contribution in [0.25, 0.3) is 0 Å². The Hall–Kier alpha value is -1.02. The first-order valence-electron chi connectivity index (χ1n) is 4.83. The predicted octanol–water partition coefficient (Wildman–Crippen LogP) is 2.41. The molecule has 2 rings (SSSR count). The zero-order chi connectivity index (χ0) is 13.2. The van der Waals surface area contributed by atoms with Crippen molar-refractivity contribution in [3.63, 3.8) is 0 Å². The van der Waals surface area contributed by atoms with E-state index in [-0.39, 0.29) is 15.2 Å². The predicted molar refractivity (Wildman–Crippen MR) is 67.5 cm³/mol. The first-order valence-corrected chi connectivity index (χ1v) is 7.50. The maximum absolute atomic E-state index is 12.9. The van der Waals surface area contributed by atoms with Crippen molar-refractivity contribution in [3.8, 4) is 0 Å². The molecule has 0 spiro atoms. The van der Waals surface area contributed by atoms with Gasteiger partial charge in [0, 0.05) is 6.54 Å². The maximum Gasteiger partial charge on any atom is 0.252 e. The number of benzene rings is 1. The summed E-state index contributed by atoms with van der Waals surface area (Å²) < 4.78 is 39.1. The van der Waals surface area contributed by atoms with Crippen molar-refractivity contribution in [3.05, 3.63) is 46.3 Å². The molecule has 2 aromatic rings. The van der Waals surface area contributed by atoms with Gasteiger partial charge in [-0.15, -0.1) is 0 Å². The van der Waals surface area contributed by atoms with Crippen LogP contribution < -0.4 is 4.72 Å². The van der Waals surface area contributed by atoms with E-state index >= 15 is 0 Å². The molecule has 0 atom stereocenters. The SMILES string of the molecule is O=S(=O)(NCc1cccc(F)c1)c1cnc(Cl)s1. The van der Waals surface area contributed by atoms with Crippen LogP contribution >= 0.6 is 22.9 Å². The highest BCUT2D eigenvalue weighted by atomic mass is 35.5. The van der Waals surface area contributed by atoms with E-state index in [1.54, 1.807) is 6.07 Å². The molecule has 1 aromatic heterocycles. The van der Waals surface area contributed by atoms with Crippen LogP contribution in [-0.4, -0.2) is 13.4 Å². The van der Waals surface area contributed by atoms with Crippen molar-refractivity contribution in [1.82, 2.24) is 9.71 Å². The molecule has 0 aliphatic carbocycles. The summed E-state index contributed by atoms with van der Waals surface area (Å²) in [5.74, 6) is -0.410. The van der Waals surface area contributed by atoms with E-state index in [0.29, 0.717) is 5.56 Å². The van der Waals surface area contributed by atoms with Crippen molar-refractivity contribution in [2.24, 2.45) is 0 Å². The van der Waals surface area contributed by atoms with Crippen LogP contribution in [0, 0.1) is 5.82 Å². The molecule has 0 saturated carbocycles. The highest BCUT2D eigenvalue weighted by molar-refractivity contribution is 7.91. The van der Waals surface area contributed by atoms with Crippen molar-refractivity contribution in [2.45, 2.75) is 10.8 Å². The van der Waals surface area contributed by atoms with Crippen LogP contribution in [0.3, 0.4) is 0 Å². The molecule has 4 nitrogen and oxygen atoms in total. The smallest absolute Gasteiger partial charge is 0.232 e. The molecule has 18 heavy (non-hydrogen) atoms. The van der Waals surface area contributed by atoms with Gasteiger partial charge in [0.1, 0.15) is 5.82 Å². The second-order valence-electron chi connectivity index (χ2n) is 3.39. The number of halogens is 2. The number of sulfonamides is 1. The lowest BCUT2D eigenvalue weighted by atomic mass is 10.2. The Morgan fingerprint density at radius 2 is 2.22 bits per heavy atom. The summed E-state index contributed by atoms with van der Waals surface area (Å²) in [7, 11) is -3.65. The molecule has 0 saturated heterocycles. The van der Waals surface area contributed by atoms with E-state index in [9.17, 15) is 12.8 Å². The fourth-order valence-corrected chi connectivity index (χ4v) is 3.61. The van der Waals surface area contributed by atoms with Crippen LogP contribution in [-0.2, 0) is 16.6 Å². The van der Waals surface area contributed by atoms with Gasteiger partial charge in [-0.3, -0.25) is 0 Å². The van der Waals surface area contributed by atoms with Crippen LogP contribution in [0.15, 0.2) is 34.7 Å². The zero-order valence-corrected chi connectivity index (χ0v) is 11.3. The summed E-state index contributed by atoms with van der Waals surface area (Å²) in [6.45, 7) is 0.00954. The fraction of sp³-hybridized carbons (Fsp3) is 0.100. The van der Waals surface area contributed by atoms with Gasteiger partial charge >= 0.3 is 0 Å². The Morgan fingerprint density at radius 1 is 1.44 bits per heavy atom. The van der Waals surface area contributed by atoms with Gasteiger partial charge in [-0.25, -0.2) is 22.5 Å². The van der Waals surface area contributed by atoms with Gasteiger partial charge in [-0.05, 0) is 17.7 Å². The van der Waals surface area contributed by atoms with Gasteiger partial charge in [0.25, 0.3) is 10.0 Å². The highest BCUT2D eigenvalue weighted by Gasteiger charge is 2.17.